The van der Waals surface area contributed by atoms with Crippen LogP contribution in [0.25, 0.3) is 0 Å². The second-order valence-electron chi connectivity index (χ2n) is 6.04. The number of hydrogen-bond donors (Lipinski definition) is 0. The van der Waals surface area contributed by atoms with E-state index in [-0.39, 0.29) is 28.5 Å². The molecule has 0 aromatic carbocycles. The smallest absolute Gasteiger partial charge is 0.356 e. The molecule has 5 nitrogen and oxygen atoms in total. The molecule has 1 aliphatic heterocycles. The first-order chi connectivity index (χ1) is 11.0. The van der Waals surface area contributed by atoms with Crippen molar-refractivity contribution in [2.24, 2.45) is 0 Å². The predicted octanol–water partition coefficient (Wildman–Crippen LogP) is 5.31. The molecule has 144 valence electrons. The molecule has 0 aliphatic carbocycles. The van der Waals surface area contributed by atoms with Crippen LogP contribution in [0.2, 0.25) is 0 Å². The monoisotopic (exact) mass is 433 g/mol. The third-order valence-corrected chi connectivity index (χ3v) is 3.91. The van der Waals surface area contributed by atoms with Gasteiger partial charge in [-0.1, -0.05) is 72.1 Å². The fourth-order valence-corrected chi connectivity index (χ4v) is 2.63. The normalized spacial score (nSPS) is 15.7. The summed E-state index contributed by atoms with van der Waals surface area (Å²) in [4.78, 5) is 8.25. The minimum absolute atomic E-state index is 0. The molecule has 0 radical (unpaired) electrons. The van der Waals surface area contributed by atoms with Crippen LogP contribution in [0.1, 0.15) is 91.4 Å². The molecule has 1 rings (SSSR count). The zero-order valence-corrected chi connectivity index (χ0v) is 16.7. The Morgan fingerprint density at radius 2 is 1.50 bits per heavy atom. The molecule has 6 heteroatoms. The molecule has 24 heavy (non-hydrogen) atoms. The fraction of sp³-hybridized carbons (Fsp3) is 0.833. The van der Waals surface area contributed by atoms with E-state index in [0.717, 1.165) is 12.8 Å². The molecule has 0 aromatic heterocycles. The molecule has 0 N–H and O–H groups in total. The maximum Gasteiger partial charge on any atom is 1.00 e. The topological polar surface area (TPSA) is 77.5 Å². The van der Waals surface area contributed by atoms with Gasteiger partial charge >= 0.3 is 22.4 Å². The van der Waals surface area contributed by atoms with Crippen molar-refractivity contribution in [2.45, 2.75) is 97.5 Å². The summed E-state index contributed by atoms with van der Waals surface area (Å²) < 4.78 is 6.03. The largest absolute Gasteiger partial charge is 1.00 e. The fourth-order valence-electron chi connectivity index (χ4n) is 2.63. The summed E-state index contributed by atoms with van der Waals surface area (Å²) in [5, 5.41) is 14.8. The van der Waals surface area contributed by atoms with Crippen molar-refractivity contribution in [3.8, 4) is 0 Å². The van der Waals surface area contributed by atoms with Gasteiger partial charge in [-0.05, 0) is 12.8 Å². The van der Waals surface area contributed by atoms with E-state index in [1.165, 1.54) is 69.1 Å². The molecule has 0 amide bonds. The van der Waals surface area contributed by atoms with Gasteiger partial charge in [-0.3, -0.25) is 0 Å². The van der Waals surface area contributed by atoms with E-state index in [9.17, 15) is 0 Å². The summed E-state index contributed by atoms with van der Waals surface area (Å²) in [5.74, 6) is 1.22. The van der Waals surface area contributed by atoms with Crippen LogP contribution in [-0.2, 0) is 26.8 Å². The third-order valence-electron chi connectivity index (χ3n) is 3.91. The van der Waals surface area contributed by atoms with Crippen molar-refractivity contribution >= 4 is 5.78 Å². The minimum Gasteiger partial charge on any atom is -0.356 e. The van der Waals surface area contributed by atoms with Crippen LogP contribution in [-0.4, -0.2) is 17.0 Å². The van der Waals surface area contributed by atoms with Crippen molar-refractivity contribution in [2.75, 3.05) is 0 Å². The van der Waals surface area contributed by atoms with Crippen molar-refractivity contribution in [3.05, 3.63) is 27.0 Å². The first-order valence-electron chi connectivity index (χ1n) is 8.95. The number of hydrogen-bond acceptors (Lipinski definition) is 3. The quantitative estimate of drug-likeness (QED) is 0.110. The van der Waals surface area contributed by atoms with Crippen LogP contribution < -0.4 is 0 Å². The molecular weight excluding hydrogens is 402 g/mol. The van der Waals surface area contributed by atoms with Crippen molar-refractivity contribution in [1.29, 1.82) is 0 Å². The Morgan fingerprint density at radius 3 is 2.04 bits per heavy atom. The number of ketones is 1. The summed E-state index contributed by atoms with van der Waals surface area (Å²) >= 11 is 0. The van der Waals surface area contributed by atoms with Gasteiger partial charge in [0, 0.05) is 6.42 Å². The van der Waals surface area contributed by atoms with Crippen LogP contribution >= 0.6 is 0 Å². The molecular formula is C18H32AgNO4. The number of rotatable bonds is 11. The molecule has 0 saturated carbocycles. The Kier molecular flexibility index (Phi) is 18.3. The first-order valence-corrected chi connectivity index (χ1v) is 8.95. The minimum atomic E-state index is -1.75. The Bertz CT molecular complexity index is 379. The number of allylic oxidation sites excluding steroid dienone is 1. The predicted molar refractivity (Wildman–Crippen MR) is 93.7 cm³/mol. The van der Waals surface area contributed by atoms with Gasteiger partial charge in [-0.2, -0.15) is 6.08 Å². The van der Waals surface area contributed by atoms with Gasteiger partial charge in [0.1, 0.15) is 0 Å². The van der Waals surface area contributed by atoms with E-state index in [0.29, 0.717) is 0 Å². The maximum absolute atomic E-state index is 8.25. The van der Waals surface area contributed by atoms with E-state index < -0.39 is 5.09 Å². The Hall–Kier alpha value is -0.650. The number of unbranched alkanes of at least 4 members (excludes halogenated alkanes) is 7. The van der Waals surface area contributed by atoms with E-state index in [1.54, 1.807) is 0 Å². The van der Waals surface area contributed by atoms with Gasteiger partial charge in [-0.25, -0.2) is 0 Å². The van der Waals surface area contributed by atoms with Crippen molar-refractivity contribution < 1.29 is 31.9 Å². The Balaban J connectivity index is 0. The molecule has 0 aromatic rings. The standard InChI is InChI=1S/C18H32O.Ag.NO3/c1-4-6-8-10-11-13-17-15-16(3)18(19-17)14-12-9-7-5-2;;2-1(3)4/h17H,4-14H2,1-3H3;;/q;+1;-1. The zero-order chi connectivity index (χ0) is 17.5. The molecule has 1 heterocycles. The van der Waals surface area contributed by atoms with Crippen LogP contribution in [0.3, 0.4) is 0 Å². The van der Waals surface area contributed by atoms with Crippen molar-refractivity contribution in [1.82, 2.24) is 0 Å². The van der Waals surface area contributed by atoms with E-state index in [1.807, 2.05) is 0 Å². The molecule has 0 saturated heterocycles. The van der Waals surface area contributed by atoms with Gasteiger partial charge in [0.2, 0.25) is 6.10 Å². The third kappa shape index (κ3) is 14.9. The van der Waals surface area contributed by atoms with E-state index in [4.69, 9.17) is 19.7 Å². The molecule has 1 atom stereocenters. The van der Waals surface area contributed by atoms with Gasteiger partial charge in [0.15, 0.2) is 5.78 Å². The summed E-state index contributed by atoms with van der Waals surface area (Å²) in [6.07, 6.45) is 18.0. The molecule has 1 unspecified atom stereocenters. The summed E-state index contributed by atoms with van der Waals surface area (Å²) in [5.41, 5.74) is 1.27. The molecule has 1 aliphatic rings. The van der Waals surface area contributed by atoms with E-state index in [2.05, 4.69) is 26.8 Å². The first kappa shape index (κ1) is 25.6. The van der Waals surface area contributed by atoms with Gasteiger partial charge < -0.3 is 19.7 Å². The Morgan fingerprint density at radius 1 is 1.00 bits per heavy atom. The van der Waals surface area contributed by atoms with Crippen LogP contribution in [0.5, 0.6) is 0 Å². The second kappa shape index (κ2) is 17.2. The molecule has 0 fully saturated rings. The van der Waals surface area contributed by atoms with Gasteiger partial charge in [0.25, 0.3) is 0 Å². The van der Waals surface area contributed by atoms with Crippen LogP contribution in [0.15, 0.2) is 5.57 Å². The summed E-state index contributed by atoms with van der Waals surface area (Å²) in [7, 11) is 0. The second-order valence-corrected chi connectivity index (χ2v) is 6.04. The zero-order valence-electron chi connectivity index (χ0n) is 15.2. The average Bonchev–Trinajstić information content (AvgIpc) is 2.83. The summed E-state index contributed by atoms with van der Waals surface area (Å²) in [6, 6.07) is 0. The summed E-state index contributed by atoms with van der Waals surface area (Å²) in [6.45, 7) is 6.68. The number of nitrogens with zero attached hydrogens (tertiary/aromatic N) is 1. The van der Waals surface area contributed by atoms with Crippen LogP contribution in [0.4, 0.5) is 0 Å². The van der Waals surface area contributed by atoms with E-state index >= 15 is 0 Å². The molecule has 0 bridgehead atoms. The van der Waals surface area contributed by atoms with Gasteiger partial charge in [-0.15, -0.1) is 5.57 Å². The van der Waals surface area contributed by atoms with Crippen molar-refractivity contribution in [3.63, 3.8) is 0 Å². The van der Waals surface area contributed by atoms with Gasteiger partial charge in [0.05, 0.1) is 5.09 Å². The molecule has 0 spiro atoms. The van der Waals surface area contributed by atoms with Crippen LogP contribution in [0, 0.1) is 21.4 Å². The SMILES string of the molecule is CCCCCCCC1[C-]=C(C)C(CCCCCC)=[O+]1.O=[N+]([O-])[O-].[Ag+]. The number of carbonyl (C=O) groups excluding carboxylic acids is 1. The maximum atomic E-state index is 8.25. The average molecular weight is 434 g/mol. The Labute approximate surface area is 162 Å².